The van der Waals surface area contributed by atoms with E-state index in [1.54, 1.807) is 6.92 Å². The standard InChI is InChI=1S/C23H22FN3O4/c1-23(30)15-26(14-13-20(23)31-18-5-3-2-4-6-18)22(29)19-11-12-21(28)27(25-19)17-9-7-16(24)8-10-17/h2-12,20,30H,13-15H2,1H3/t20-,23-/m0/s1. The minimum atomic E-state index is -1.27. The van der Waals surface area contributed by atoms with E-state index in [4.69, 9.17) is 4.74 Å². The van der Waals surface area contributed by atoms with Crippen molar-refractivity contribution in [2.24, 2.45) is 0 Å². The van der Waals surface area contributed by atoms with Crippen LogP contribution in [0.15, 0.2) is 71.5 Å². The van der Waals surface area contributed by atoms with E-state index in [0.717, 1.165) is 4.68 Å². The number of ether oxygens (including phenoxy) is 1. The molecule has 1 amide bonds. The monoisotopic (exact) mass is 423 g/mol. The number of carbonyl (C=O) groups excluding carboxylic acids is 1. The molecule has 0 unspecified atom stereocenters. The topological polar surface area (TPSA) is 84.7 Å². The predicted octanol–water partition coefficient (Wildman–Crippen LogP) is 2.42. The zero-order valence-corrected chi connectivity index (χ0v) is 16.9. The molecule has 160 valence electrons. The Morgan fingerprint density at radius 2 is 1.84 bits per heavy atom. The molecule has 8 heteroatoms. The van der Waals surface area contributed by atoms with Crippen LogP contribution in [0, 0.1) is 5.82 Å². The average molecular weight is 423 g/mol. The molecule has 0 radical (unpaired) electrons. The lowest BCUT2D eigenvalue weighted by Gasteiger charge is -2.42. The van der Waals surface area contributed by atoms with Gasteiger partial charge in [-0.25, -0.2) is 4.39 Å². The summed E-state index contributed by atoms with van der Waals surface area (Å²) in [7, 11) is 0. The highest BCUT2D eigenvalue weighted by molar-refractivity contribution is 5.92. The quantitative estimate of drug-likeness (QED) is 0.697. The molecule has 1 aliphatic heterocycles. The molecule has 1 fully saturated rings. The molecule has 1 saturated heterocycles. The number of β-amino-alcohol motifs (C(OH)–C–C–N with tert-alkyl or cyclic N) is 1. The van der Waals surface area contributed by atoms with Gasteiger partial charge in [0.1, 0.15) is 29.0 Å². The summed E-state index contributed by atoms with van der Waals surface area (Å²) in [5.74, 6) is -0.193. The van der Waals surface area contributed by atoms with Gasteiger partial charge in [-0.3, -0.25) is 9.59 Å². The van der Waals surface area contributed by atoms with Crippen molar-refractivity contribution in [3.63, 3.8) is 0 Å². The summed E-state index contributed by atoms with van der Waals surface area (Å²) in [6.45, 7) is 2.05. The lowest BCUT2D eigenvalue weighted by atomic mass is 9.91. The molecule has 1 aliphatic rings. The number of benzene rings is 2. The van der Waals surface area contributed by atoms with E-state index >= 15 is 0 Å². The van der Waals surface area contributed by atoms with Gasteiger partial charge < -0.3 is 14.7 Å². The minimum absolute atomic E-state index is 0.0562. The summed E-state index contributed by atoms with van der Waals surface area (Å²) in [6, 6.07) is 17.1. The van der Waals surface area contributed by atoms with Crippen LogP contribution < -0.4 is 10.3 Å². The summed E-state index contributed by atoms with van der Waals surface area (Å²) >= 11 is 0. The number of likely N-dealkylation sites (tertiary alicyclic amines) is 1. The van der Waals surface area contributed by atoms with Crippen molar-refractivity contribution in [2.75, 3.05) is 13.1 Å². The van der Waals surface area contributed by atoms with Crippen molar-refractivity contribution in [1.29, 1.82) is 0 Å². The number of aliphatic hydroxyl groups is 1. The molecule has 0 saturated carbocycles. The average Bonchev–Trinajstić information content (AvgIpc) is 2.76. The van der Waals surface area contributed by atoms with Crippen LogP contribution >= 0.6 is 0 Å². The van der Waals surface area contributed by atoms with Crippen molar-refractivity contribution >= 4 is 5.91 Å². The summed E-state index contributed by atoms with van der Waals surface area (Å²) in [4.78, 5) is 26.7. The number of halogens is 1. The Morgan fingerprint density at radius 1 is 1.13 bits per heavy atom. The fourth-order valence-corrected chi connectivity index (χ4v) is 3.63. The molecular formula is C23H22FN3O4. The number of hydrogen-bond acceptors (Lipinski definition) is 5. The molecule has 2 aromatic carbocycles. The third kappa shape index (κ3) is 4.49. The van der Waals surface area contributed by atoms with Gasteiger partial charge in [-0.15, -0.1) is 0 Å². The van der Waals surface area contributed by atoms with Crippen LogP contribution in [0.1, 0.15) is 23.8 Å². The molecule has 3 aromatic rings. The lowest BCUT2D eigenvalue weighted by molar-refractivity contribution is -0.0900. The summed E-state index contributed by atoms with van der Waals surface area (Å²) in [5.41, 5.74) is -1.30. The lowest BCUT2D eigenvalue weighted by Crippen LogP contribution is -2.58. The first-order valence-corrected chi connectivity index (χ1v) is 9.93. The number of para-hydroxylation sites is 1. The molecule has 0 bridgehead atoms. The first-order chi connectivity index (χ1) is 14.8. The van der Waals surface area contributed by atoms with Crippen LogP contribution in [0.3, 0.4) is 0 Å². The number of aromatic nitrogens is 2. The molecule has 1 aromatic heterocycles. The molecule has 0 aliphatic carbocycles. The normalized spacial score (nSPS) is 21.0. The van der Waals surface area contributed by atoms with Gasteiger partial charge in [0.15, 0.2) is 0 Å². The highest BCUT2D eigenvalue weighted by atomic mass is 19.1. The van der Waals surface area contributed by atoms with Crippen molar-refractivity contribution < 1.29 is 19.0 Å². The summed E-state index contributed by atoms with van der Waals surface area (Å²) in [6.07, 6.45) is -0.0364. The van der Waals surface area contributed by atoms with Gasteiger partial charge >= 0.3 is 0 Å². The zero-order chi connectivity index (χ0) is 22.0. The number of nitrogens with zero attached hydrogens (tertiary/aromatic N) is 3. The Balaban J connectivity index is 1.52. The maximum atomic E-state index is 13.2. The maximum absolute atomic E-state index is 13.2. The van der Waals surface area contributed by atoms with Gasteiger partial charge in [0.2, 0.25) is 0 Å². The smallest absolute Gasteiger partial charge is 0.274 e. The SMILES string of the molecule is C[C@]1(O)CN(C(=O)c2ccc(=O)n(-c3ccc(F)cc3)n2)CC[C@@H]1Oc1ccccc1. The van der Waals surface area contributed by atoms with E-state index in [-0.39, 0.29) is 12.2 Å². The molecule has 7 nitrogen and oxygen atoms in total. The van der Waals surface area contributed by atoms with Gasteiger partial charge in [-0.1, -0.05) is 18.2 Å². The van der Waals surface area contributed by atoms with Gasteiger partial charge in [0, 0.05) is 19.0 Å². The van der Waals surface area contributed by atoms with Crippen molar-refractivity contribution in [2.45, 2.75) is 25.0 Å². The van der Waals surface area contributed by atoms with Gasteiger partial charge in [-0.2, -0.15) is 9.78 Å². The van der Waals surface area contributed by atoms with Crippen LogP contribution in [0.4, 0.5) is 4.39 Å². The molecule has 31 heavy (non-hydrogen) atoms. The molecular weight excluding hydrogens is 401 g/mol. The molecule has 2 heterocycles. The number of carbonyl (C=O) groups is 1. The Labute approximate surface area is 178 Å². The van der Waals surface area contributed by atoms with E-state index in [2.05, 4.69) is 5.10 Å². The fourth-order valence-electron chi connectivity index (χ4n) is 3.63. The second-order valence-corrected chi connectivity index (χ2v) is 7.74. The third-order valence-corrected chi connectivity index (χ3v) is 5.27. The van der Waals surface area contributed by atoms with E-state index in [0.29, 0.717) is 24.4 Å². The highest BCUT2D eigenvalue weighted by Crippen LogP contribution is 2.27. The van der Waals surface area contributed by atoms with Crippen molar-refractivity contribution in [1.82, 2.24) is 14.7 Å². The molecule has 1 N–H and O–H groups in total. The zero-order valence-electron chi connectivity index (χ0n) is 16.9. The minimum Gasteiger partial charge on any atom is -0.487 e. The first-order valence-electron chi connectivity index (χ1n) is 9.93. The van der Waals surface area contributed by atoms with E-state index in [1.165, 1.54) is 41.3 Å². The van der Waals surface area contributed by atoms with Crippen LogP contribution in [-0.4, -0.2) is 50.5 Å². The number of amides is 1. The van der Waals surface area contributed by atoms with Crippen LogP contribution in [0.2, 0.25) is 0 Å². The Kier molecular flexibility index (Phi) is 5.56. The molecule has 0 spiro atoms. The molecule has 2 atom stereocenters. The maximum Gasteiger partial charge on any atom is 0.274 e. The first kappa shape index (κ1) is 20.7. The van der Waals surface area contributed by atoms with E-state index < -0.39 is 29.0 Å². The van der Waals surface area contributed by atoms with Crippen LogP contribution in [0.25, 0.3) is 5.69 Å². The Morgan fingerprint density at radius 3 is 2.52 bits per heavy atom. The second kappa shape index (κ2) is 8.31. The third-order valence-electron chi connectivity index (χ3n) is 5.27. The van der Waals surface area contributed by atoms with Crippen molar-refractivity contribution in [3.8, 4) is 11.4 Å². The van der Waals surface area contributed by atoms with Gasteiger partial charge in [0.25, 0.3) is 11.5 Å². The van der Waals surface area contributed by atoms with E-state index in [9.17, 15) is 19.1 Å². The highest BCUT2D eigenvalue weighted by Gasteiger charge is 2.41. The van der Waals surface area contributed by atoms with E-state index in [1.807, 2.05) is 30.3 Å². The van der Waals surface area contributed by atoms with Crippen LogP contribution in [0.5, 0.6) is 5.75 Å². The summed E-state index contributed by atoms with van der Waals surface area (Å²) in [5, 5.41) is 15.1. The Hall–Kier alpha value is -3.52. The van der Waals surface area contributed by atoms with Crippen LogP contribution in [-0.2, 0) is 0 Å². The predicted molar refractivity (Wildman–Crippen MR) is 112 cm³/mol. The molecule has 4 rings (SSSR count). The number of piperidine rings is 1. The summed E-state index contributed by atoms with van der Waals surface area (Å²) < 4.78 is 20.2. The second-order valence-electron chi connectivity index (χ2n) is 7.74. The number of rotatable bonds is 4. The largest absolute Gasteiger partial charge is 0.487 e. The van der Waals surface area contributed by atoms with Gasteiger partial charge in [-0.05, 0) is 49.4 Å². The fraction of sp³-hybridized carbons (Fsp3) is 0.261. The van der Waals surface area contributed by atoms with Crippen molar-refractivity contribution in [3.05, 3.63) is 88.6 Å². The Bertz CT molecular complexity index is 1130. The van der Waals surface area contributed by atoms with Gasteiger partial charge in [0.05, 0.1) is 12.2 Å². The number of hydrogen-bond donors (Lipinski definition) is 1.